The van der Waals surface area contributed by atoms with Crippen molar-refractivity contribution >= 4 is 6.08 Å². The molecule has 0 saturated carbocycles. The van der Waals surface area contributed by atoms with Crippen LogP contribution in [0.1, 0.15) is 18.4 Å². The molecule has 0 N–H and O–H groups in total. The fourth-order valence-electron chi connectivity index (χ4n) is 0.651. The minimum Gasteiger partial charge on any atom is -0.342 e. The van der Waals surface area contributed by atoms with E-state index >= 15 is 0 Å². The van der Waals surface area contributed by atoms with E-state index in [1.165, 1.54) is 0 Å². The lowest BCUT2D eigenvalue weighted by atomic mass is 10.3. The van der Waals surface area contributed by atoms with Crippen molar-refractivity contribution in [1.29, 1.82) is 0 Å². The zero-order valence-corrected chi connectivity index (χ0v) is 6.61. The van der Waals surface area contributed by atoms with Crippen LogP contribution in [0.3, 0.4) is 0 Å². The molecule has 1 aromatic heterocycles. The van der Waals surface area contributed by atoms with Crippen LogP contribution in [0.25, 0.3) is 6.08 Å². The molecule has 0 amide bonds. The number of nitrogens with zero attached hydrogens (tertiary/aromatic N) is 2. The molecule has 3 nitrogen and oxygen atoms in total. The van der Waals surface area contributed by atoms with Gasteiger partial charge in [-0.25, -0.2) is 0 Å². The molecule has 0 fully saturated rings. The van der Waals surface area contributed by atoms with E-state index in [1.54, 1.807) is 0 Å². The summed E-state index contributed by atoms with van der Waals surface area (Å²) in [6.45, 7) is 3.79. The van der Waals surface area contributed by atoms with E-state index in [0.717, 1.165) is 11.5 Å². The number of aromatic nitrogens is 2. The van der Waals surface area contributed by atoms with Gasteiger partial charge in [0.15, 0.2) is 5.76 Å². The van der Waals surface area contributed by atoms with E-state index < -0.39 is 0 Å². The van der Waals surface area contributed by atoms with Crippen LogP contribution in [-0.4, -0.2) is 10.4 Å². The summed E-state index contributed by atoms with van der Waals surface area (Å²) in [7, 11) is 0. The van der Waals surface area contributed by atoms with Gasteiger partial charge in [0.25, 0.3) is 0 Å². The van der Waals surface area contributed by atoms with Gasteiger partial charge in [-0.3, -0.25) is 0 Å². The first-order chi connectivity index (χ1) is 5.34. The number of hydrogen-bond donors (Lipinski definition) is 0. The molecule has 58 valence electrons. The molecule has 1 rings (SSSR count). The first-order valence-electron chi connectivity index (χ1n) is 3.43. The van der Waals surface area contributed by atoms with Crippen molar-refractivity contribution in [2.45, 2.75) is 13.8 Å². The molecule has 1 aromatic rings. The Morgan fingerprint density at radius 1 is 1.36 bits per heavy atom. The second-order valence-corrected chi connectivity index (χ2v) is 2.10. The van der Waals surface area contributed by atoms with E-state index in [4.69, 9.17) is 4.52 Å². The van der Waals surface area contributed by atoms with Gasteiger partial charge < -0.3 is 4.52 Å². The lowest BCUT2D eigenvalue weighted by Gasteiger charge is -1.79. The number of hydrogen-bond acceptors (Lipinski definition) is 3. The van der Waals surface area contributed by atoms with Crippen molar-refractivity contribution in [3.8, 4) is 0 Å². The summed E-state index contributed by atoms with van der Waals surface area (Å²) in [6.07, 6.45) is 7.62. The van der Waals surface area contributed by atoms with Gasteiger partial charge in [0.2, 0.25) is 0 Å². The lowest BCUT2D eigenvalue weighted by Crippen LogP contribution is -1.73. The van der Waals surface area contributed by atoms with Gasteiger partial charge in [-0.2, -0.15) is 0 Å². The Hall–Kier alpha value is -1.38. The maximum Gasteiger partial charge on any atom is 0.161 e. The van der Waals surface area contributed by atoms with Crippen molar-refractivity contribution in [2.75, 3.05) is 0 Å². The minimum absolute atomic E-state index is 0.741. The molecule has 11 heavy (non-hydrogen) atoms. The molecule has 0 aromatic carbocycles. The fraction of sp³-hybridized carbons (Fsp3) is 0.250. The van der Waals surface area contributed by atoms with Gasteiger partial charge in [0.1, 0.15) is 5.69 Å². The van der Waals surface area contributed by atoms with E-state index in [-0.39, 0.29) is 0 Å². The monoisotopic (exact) mass is 150 g/mol. The Morgan fingerprint density at radius 3 is 2.73 bits per heavy atom. The molecule has 3 heteroatoms. The zero-order chi connectivity index (χ0) is 8.10. The third-order valence-electron chi connectivity index (χ3n) is 1.24. The standard InChI is InChI=1S/C8H10N2O/c1-3-4-5-6-8-7(2)11-10-9-8/h3-6H,1-2H3/b4-3+,6-5+. The summed E-state index contributed by atoms with van der Waals surface area (Å²) >= 11 is 0. The quantitative estimate of drug-likeness (QED) is 0.605. The molecule has 0 radical (unpaired) electrons. The number of rotatable bonds is 2. The predicted molar refractivity (Wildman–Crippen MR) is 42.9 cm³/mol. The highest BCUT2D eigenvalue weighted by molar-refractivity contribution is 5.47. The number of aryl methyl sites for hydroxylation is 1. The fourth-order valence-corrected chi connectivity index (χ4v) is 0.651. The third-order valence-corrected chi connectivity index (χ3v) is 1.24. The SMILES string of the molecule is C/C=C/C=C/c1nnoc1C. The van der Waals surface area contributed by atoms with Crippen LogP contribution < -0.4 is 0 Å². The van der Waals surface area contributed by atoms with Crippen LogP contribution in [0, 0.1) is 6.92 Å². The molecule has 0 saturated heterocycles. The molecular weight excluding hydrogens is 140 g/mol. The maximum absolute atomic E-state index is 4.76. The Morgan fingerprint density at radius 2 is 2.18 bits per heavy atom. The summed E-state index contributed by atoms with van der Waals surface area (Å²) in [6, 6.07) is 0. The molecule has 0 bridgehead atoms. The predicted octanol–water partition coefficient (Wildman–Crippen LogP) is 1.97. The zero-order valence-electron chi connectivity index (χ0n) is 6.61. The van der Waals surface area contributed by atoms with E-state index in [9.17, 15) is 0 Å². The molecule has 0 unspecified atom stereocenters. The van der Waals surface area contributed by atoms with Crippen LogP contribution in [0.5, 0.6) is 0 Å². The highest BCUT2D eigenvalue weighted by Crippen LogP contribution is 2.03. The summed E-state index contributed by atoms with van der Waals surface area (Å²) in [5.41, 5.74) is 0.781. The van der Waals surface area contributed by atoms with Gasteiger partial charge in [-0.05, 0) is 19.9 Å². The van der Waals surface area contributed by atoms with Gasteiger partial charge >= 0.3 is 0 Å². The van der Waals surface area contributed by atoms with Gasteiger partial charge in [0, 0.05) is 5.27 Å². The molecule has 0 atom stereocenters. The van der Waals surface area contributed by atoms with Gasteiger partial charge in [-0.15, -0.1) is 5.10 Å². The topological polar surface area (TPSA) is 38.9 Å². The van der Waals surface area contributed by atoms with E-state index in [1.807, 2.05) is 38.2 Å². The normalized spacial score (nSPS) is 11.8. The third kappa shape index (κ3) is 2.04. The second kappa shape index (κ2) is 3.71. The Labute approximate surface area is 65.4 Å². The molecule has 0 aliphatic carbocycles. The van der Waals surface area contributed by atoms with Crippen molar-refractivity contribution in [1.82, 2.24) is 10.4 Å². The van der Waals surface area contributed by atoms with Crippen LogP contribution >= 0.6 is 0 Å². The average molecular weight is 150 g/mol. The Bertz CT molecular complexity index is 273. The summed E-state index contributed by atoms with van der Waals surface area (Å²) < 4.78 is 4.76. The highest BCUT2D eigenvalue weighted by atomic mass is 16.5. The van der Waals surface area contributed by atoms with Crippen molar-refractivity contribution in [3.05, 3.63) is 29.7 Å². The molecule has 0 aliphatic heterocycles. The number of allylic oxidation sites excluding steroid dienone is 3. The highest BCUT2D eigenvalue weighted by Gasteiger charge is 1.97. The Kier molecular flexibility index (Phi) is 2.60. The summed E-state index contributed by atoms with van der Waals surface area (Å²) in [4.78, 5) is 0. The largest absolute Gasteiger partial charge is 0.342 e. The molecule has 1 heterocycles. The van der Waals surface area contributed by atoms with Gasteiger partial charge in [-0.1, -0.05) is 18.2 Å². The van der Waals surface area contributed by atoms with Gasteiger partial charge in [0.05, 0.1) is 0 Å². The first-order valence-corrected chi connectivity index (χ1v) is 3.43. The summed E-state index contributed by atoms with van der Waals surface area (Å²) in [5, 5.41) is 7.15. The van der Waals surface area contributed by atoms with Crippen LogP contribution in [-0.2, 0) is 0 Å². The van der Waals surface area contributed by atoms with Crippen LogP contribution in [0.4, 0.5) is 0 Å². The minimum atomic E-state index is 0.741. The lowest BCUT2D eigenvalue weighted by molar-refractivity contribution is 0.374. The van der Waals surface area contributed by atoms with Crippen molar-refractivity contribution < 1.29 is 4.52 Å². The Balaban J connectivity index is 2.71. The second-order valence-electron chi connectivity index (χ2n) is 2.10. The van der Waals surface area contributed by atoms with Crippen molar-refractivity contribution in [3.63, 3.8) is 0 Å². The molecular formula is C8H10N2O. The smallest absolute Gasteiger partial charge is 0.161 e. The molecule has 0 aliphatic rings. The van der Waals surface area contributed by atoms with Crippen molar-refractivity contribution in [2.24, 2.45) is 0 Å². The maximum atomic E-state index is 4.76. The molecule has 0 spiro atoms. The van der Waals surface area contributed by atoms with Crippen LogP contribution in [0.15, 0.2) is 22.8 Å². The van der Waals surface area contributed by atoms with E-state index in [0.29, 0.717) is 0 Å². The van der Waals surface area contributed by atoms with Crippen LogP contribution in [0.2, 0.25) is 0 Å². The van der Waals surface area contributed by atoms with E-state index in [2.05, 4.69) is 10.4 Å². The first kappa shape index (κ1) is 7.72. The summed E-state index contributed by atoms with van der Waals surface area (Å²) in [5.74, 6) is 0.741. The average Bonchev–Trinajstić information content (AvgIpc) is 2.37.